The fourth-order valence-corrected chi connectivity index (χ4v) is 1.92. The average Bonchev–Trinajstić information content (AvgIpc) is 2.04. The van der Waals surface area contributed by atoms with Gasteiger partial charge in [-0.25, -0.2) is 4.39 Å². The molecule has 1 nitrogen and oxygen atoms in total. The summed E-state index contributed by atoms with van der Waals surface area (Å²) < 4.78 is 13.3. The highest BCUT2D eigenvalue weighted by molar-refractivity contribution is 6.30. The van der Waals surface area contributed by atoms with Gasteiger partial charge in [-0.2, -0.15) is 0 Å². The molecule has 1 saturated carbocycles. The van der Waals surface area contributed by atoms with Crippen LogP contribution in [0.5, 0.6) is 0 Å². The van der Waals surface area contributed by atoms with Gasteiger partial charge in [0.1, 0.15) is 5.82 Å². The first-order chi connectivity index (χ1) is 6.16. The number of benzene rings is 1. The van der Waals surface area contributed by atoms with E-state index in [1.807, 2.05) is 0 Å². The Kier molecular flexibility index (Phi) is 2.26. The van der Waals surface area contributed by atoms with Gasteiger partial charge < -0.3 is 5.73 Å². The predicted octanol–water partition coefficient (Wildman–Crippen LogP) is 2.68. The minimum Gasteiger partial charge on any atom is -0.328 e. The van der Waals surface area contributed by atoms with Crippen molar-refractivity contribution >= 4 is 11.6 Å². The van der Waals surface area contributed by atoms with Crippen LogP contribution in [0.2, 0.25) is 5.02 Å². The number of hydrogen-bond donors (Lipinski definition) is 1. The molecule has 3 heteroatoms. The molecule has 2 rings (SSSR count). The molecule has 0 heterocycles. The second-order valence-corrected chi connectivity index (χ2v) is 4.03. The van der Waals surface area contributed by atoms with E-state index in [0.29, 0.717) is 10.6 Å². The maximum atomic E-state index is 13.3. The van der Waals surface area contributed by atoms with Gasteiger partial charge in [-0.05, 0) is 42.5 Å². The number of halogens is 2. The van der Waals surface area contributed by atoms with Crippen LogP contribution >= 0.6 is 11.6 Å². The van der Waals surface area contributed by atoms with Crippen LogP contribution in [0.15, 0.2) is 18.2 Å². The van der Waals surface area contributed by atoms with Crippen LogP contribution in [0.25, 0.3) is 0 Å². The van der Waals surface area contributed by atoms with Crippen LogP contribution in [0.1, 0.15) is 24.3 Å². The van der Waals surface area contributed by atoms with E-state index in [0.717, 1.165) is 12.8 Å². The summed E-state index contributed by atoms with van der Waals surface area (Å²) in [5.74, 6) is 0.106. The van der Waals surface area contributed by atoms with Gasteiger partial charge in [0.25, 0.3) is 0 Å². The van der Waals surface area contributed by atoms with E-state index in [-0.39, 0.29) is 17.8 Å². The minimum absolute atomic E-state index is 0.165. The molecule has 1 fully saturated rings. The van der Waals surface area contributed by atoms with Gasteiger partial charge in [0.15, 0.2) is 0 Å². The molecule has 0 unspecified atom stereocenters. The van der Waals surface area contributed by atoms with Crippen molar-refractivity contribution in [3.8, 4) is 0 Å². The van der Waals surface area contributed by atoms with Gasteiger partial charge in [0.05, 0.1) is 0 Å². The molecule has 1 aromatic carbocycles. The second kappa shape index (κ2) is 3.28. The quantitative estimate of drug-likeness (QED) is 0.740. The zero-order valence-corrected chi connectivity index (χ0v) is 7.89. The van der Waals surface area contributed by atoms with Crippen LogP contribution in [0.3, 0.4) is 0 Å². The van der Waals surface area contributed by atoms with Crippen molar-refractivity contribution in [1.29, 1.82) is 0 Å². The Balaban J connectivity index is 2.24. The van der Waals surface area contributed by atoms with E-state index in [2.05, 4.69) is 0 Å². The van der Waals surface area contributed by atoms with Crippen LogP contribution in [-0.2, 0) is 0 Å². The van der Waals surface area contributed by atoms with Crippen molar-refractivity contribution in [2.75, 3.05) is 0 Å². The summed E-state index contributed by atoms with van der Waals surface area (Å²) in [6.07, 6.45) is 1.74. The Hall–Kier alpha value is -0.600. The summed E-state index contributed by atoms with van der Waals surface area (Å²) in [5.41, 5.74) is 6.36. The monoisotopic (exact) mass is 199 g/mol. The molecule has 0 radical (unpaired) electrons. The summed E-state index contributed by atoms with van der Waals surface area (Å²) >= 11 is 5.78. The molecule has 1 aliphatic rings. The third kappa shape index (κ3) is 1.69. The molecule has 0 aromatic heterocycles. The molecule has 0 spiro atoms. The van der Waals surface area contributed by atoms with E-state index in [1.54, 1.807) is 12.1 Å². The van der Waals surface area contributed by atoms with Crippen molar-refractivity contribution in [2.24, 2.45) is 5.73 Å². The lowest BCUT2D eigenvalue weighted by atomic mass is 9.76. The van der Waals surface area contributed by atoms with E-state index >= 15 is 0 Å². The fourth-order valence-electron chi connectivity index (χ4n) is 1.74. The normalized spacial score (nSPS) is 27.0. The van der Waals surface area contributed by atoms with Gasteiger partial charge in [-0.3, -0.25) is 0 Å². The first-order valence-electron chi connectivity index (χ1n) is 4.37. The van der Waals surface area contributed by atoms with Crippen LogP contribution in [0.4, 0.5) is 4.39 Å². The lowest BCUT2D eigenvalue weighted by Gasteiger charge is -2.33. The molecule has 0 saturated heterocycles. The van der Waals surface area contributed by atoms with Gasteiger partial charge in [-0.15, -0.1) is 0 Å². The third-order valence-electron chi connectivity index (χ3n) is 2.57. The maximum Gasteiger partial charge on any atom is 0.126 e. The minimum atomic E-state index is -0.165. The van der Waals surface area contributed by atoms with Gasteiger partial charge >= 0.3 is 0 Å². The zero-order valence-electron chi connectivity index (χ0n) is 7.13. The topological polar surface area (TPSA) is 26.0 Å². The first-order valence-corrected chi connectivity index (χ1v) is 4.75. The van der Waals surface area contributed by atoms with Gasteiger partial charge in [0.2, 0.25) is 0 Å². The molecule has 0 amide bonds. The molecule has 70 valence electrons. The highest BCUT2D eigenvalue weighted by Gasteiger charge is 2.29. The molecular formula is C10H11ClFN. The number of hydrogen-bond acceptors (Lipinski definition) is 1. The average molecular weight is 200 g/mol. The highest BCUT2D eigenvalue weighted by Crippen LogP contribution is 2.37. The first kappa shape index (κ1) is 8.97. The largest absolute Gasteiger partial charge is 0.328 e. The summed E-state index contributed by atoms with van der Waals surface area (Å²) in [4.78, 5) is 0. The van der Waals surface area contributed by atoms with Crippen LogP contribution in [0, 0.1) is 5.82 Å². The Morgan fingerprint density at radius 3 is 2.69 bits per heavy atom. The van der Waals surface area contributed by atoms with Gasteiger partial charge in [0, 0.05) is 11.1 Å². The molecule has 0 aliphatic heterocycles. The molecule has 13 heavy (non-hydrogen) atoms. The second-order valence-electron chi connectivity index (χ2n) is 3.59. The molecule has 0 atom stereocenters. The number of nitrogens with two attached hydrogens (primary N) is 1. The smallest absolute Gasteiger partial charge is 0.126 e. The van der Waals surface area contributed by atoms with E-state index in [1.165, 1.54) is 6.07 Å². The Morgan fingerprint density at radius 2 is 2.08 bits per heavy atom. The Bertz CT molecular complexity index is 321. The summed E-state index contributed by atoms with van der Waals surface area (Å²) in [5, 5.41) is 0.594. The standard InChI is InChI=1S/C10H11ClFN/c11-7-1-2-10(12)9(5-7)6-3-8(13)4-6/h1-2,5-6,8H,3-4,13H2. The van der Waals surface area contributed by atoms with Crippen molar-refractivity contribution in [1.82, 2.24) is 0 Å². The SMILES string of the molecule is NC1CC(c2cc(Cl)ccc2F)C1. The van der Waals surface area contributed by atoms with E-state index in [4.69, 9.17) is 17.3 Å². The molecular weight excluding hydrogens is 189 g/mol. The number of rotatable bonds is 1. The Labute approximate surface area is 81.7 Å². The molecule has 1 aromatic rings. The van der Waals surface area contributed by atoms with Crippen molar-refractivity contribution in [3.05, 3.63) is 34.6 Å². The summed E-state index contributed by atoms with van der Waals surface area (Å²) in [6.45, 7) is 0. The fraction of sp³-hybridized carbons (Fsp3) is 0.400. The van der Waals surface area contributed by atoms with Crippen LogP contribution in [-0.4, -0.2) is 6.04 Å². The maximum absolute atomic E-state index is 13.3. The van der Waals surface area contributed by atoms with Crippen LogP contribution < -0.4 is 5.73 Å². The summed E-state index contributed by atoms with van der Waals surface area (Å²) in [7, 11) is 0. The lowest BCUT2D eigenvalue weighted by molar-refractivity contribution is 0.342. The van der Waals surface area contributed by atoms with Crippen molar-refractivity contribution in [3.63, 3.8) is 0 Å². The van der Waals surface area contributed by atoms with Crippen molar-refractivity contribution in [2.45, 2.75) is 24.8 Å². The van der Waals surface area contributed by atoms with Gasteiger partial charge in [-0.1, -0.05) is 11.6 Å². The highest BCUT2D eigenvalue weighted by atomic mass is 35.5. The third-order valence-corrected chi connectivity index (χ3v) is 2.81. The molecule has 1 aliphatic carbocycles. The van der Waals surface area contributed by atoms with Crippen molar-refractivity contribution < 1.29 is 4.39 Å². The lowest BCUT2D eigenvalue weighted by Crippen LogP contribution is -2.35. The zero-order chi connectivity index (χ0) is 9.42. The Morgan fingerprint density at radius 1 is 1.38 bits per heavy atom. The van der Waals surface area contributed by atoms with E-state index < -0.39 is 0 Å². The molecule has 0 bridgehead atoms. The van der Waals surface area contributed by atoms with E-state index in [9.17, 15) is 4.39 Å². The molecule has 2 N–H and O–H groups in total. The summed E-state index contributed by atoms with van der Waals surface area (Å²) in [6, 6.07) is 4.93. The predicted molar refractivity (Wildman–Crippen MR) is 51.4 cm³/mol.